The molecule has 2 bridgehead atoms. The number of carbonyl (C=O) groups excluding carboxylic acids is 1. The van der Waals surface area contributed by atoms with Crippen molar-refractivity contribution in [2.75, 3.05) is 30.3 Å². The van der Waals surface area contributed by atoms with Gasteiger partial charge in [0.25, 0.3) is 5.56 Å². The van der Waals surface area contributed by atoms with Gasteiger partial charge < -0.3 is 20.1 Å². The number of amides is 2. The van der Waals surface area contributed by atoms with Crippen LogP contribution in [0.5, 0.6) is 0 Å². The molecule has 3 heterocycles. The normalized spacial score (nSPS) is 19.5. The molecule has 0 radical (unpaired) electrons. The van der Waals surface area contributed by atoms with Crippen LogP contribution in [0.4, 0.5) is 16.2 Å². The van der Waals surface area contributed by atoms with E-state index in [2.05, 4.69) is 45.9 Å². The lowest BCUT2D eigenvalue weighted by molar-refractivity contribution is 0.119. The molecule has 0 aliphatic carbocycles. The Morgan fingerprint density at radius 2 is 1.64 bits per heavy atom. The van der Waals surface area contributed by atoms with Crippen molar-refractivity contribution < 1.29 is 4.79 Å². The maximum atomic E-state index is 13.1. The van der Waals surface area contributed by atoms with Gasteiger partial charge in [-0.15, -0.1) is 0 Å². The zero-order chi connectivity index (χ0) is 22.6. The third-order valence-electron chi connectivity index (χ3n) is 6.74. The Morgan fingerprint density at radius 1 is 0.879 bits per heavy atom. The fourth-order valence-electron chi connectivity index (χ4n) is 5.28. The molecule has 5 rings (SSSR count). The third-order valence-corrected chi connectivity index (χ3v) is 6.74. The van der Waals surface area contributed by atoms with Crippen molar-refractivity contribution in [3.63, 3.8) is 0 Å². The predicted octanol–water partition coefficient (Wildman–Crippen LogP) is 4.54. The summed E-state index contributed by atoms with van der Waals surface area (Å²) < 4.78 is 1.89. The smallest absolute Gasteiger partial charge is 0.310 e. The maximum absolute atomic E-state index is 13.1. The predicted molar refractivity (Wildman–Crippen MR) is 132 cm³/mol. The van der Waals surface area contributed by atoms with Crippen molar-refractivity contribution in [2.24, 2.45) is 5.92 Å². The molecule has 2 amide bonds. The monoisotopic (exact) mass is 442 g/mol. The summed E-state index contributed by atoms with van der Waals surface area (Å²) in [5.41, 5.74) is 3.39. The number of pyridine rings is 1. The van der Waals surface area contributed by atoms with E-state index in [4.69, 9.17) is 0 Å². The van der Waals surface area contributed by atoms with Crippen LogP contribution in [-0.4, -0.2) is 35.1 Å². The van der Waals surface area contributed by atoms with Gasteiger partial charge in [-0.05, 0) is 61.6 Å². The molecule has 1 saturated heterocycles. The average molecular weight is 443 g/mol. The molecule has 1 aromatic heterocycles. The van der Waals surface area contributed by atoms with E-state index < -0.39 is 6.03 Å². The van der Waals surface area contributed by atoms with Crippen molar-refractivity contribution in [2.45, 2.75) is 31.7 Å². The highest BCUT2D eigenvalue weighted by Crippen LogP contribution is 2.35. The van der Waals surface area contributed by atoms with E-state index in [1.807, 2.05) is 41.0 Å². The number of para-hydroxylation sites is 1. The molecule has 2 unspecified atom stereocenters. The quantitative estimate of drug-likeness (QED) is 0.589. The van der Waals surface area contributed by atoms with Crippen molar-refractivity contribution in [3.8, 4) is 0 Å². The molecule has 6 heteroatoms. The van der Waals surface area contributed by atoms with Crippen molar-refractivity contribution >= 4 is 17.4 Å². The van der Waals surface area contributed by atoms with Gasteiger partial charge in [-0.3, -0.25) is 4.79 Å². The summed E-state index contributed by atoms with van der Waals surface area (Å²) in [7, 11) is 0. The molecule has 2 aliphatic rings. The number of nitrogens with one attached hydrogen (secondary N) is 2. The first kappa shape index (κ1) is 21.5. The van der Waals surface area contributed by atoms with Crippen LogP contribution in [0.15, 0.2) is 77.6 Å². The third kappa shape index (κ3) is 5.01. The second-order valence-electron chi connectivity index (χ2n) is 9.18. The van der Waals surface area contributed by atoms with Gasteiger partial charge in [0.2, 0.25) is 0 Å². The number of aryl methyl sites for hydroxylation is 1. The van der Waals surface area contributed by atoms with Crippen LogP contribution in [0.25, 0.3) is 0 Å². The number of hydrogen-bond acceptors (Lipinski definition) is 3. The molecule has 0 saturated carbocycles. The van der Waals surface area contributed by atoms with Gasteiger partial charge in [0.15, 0.2) is 0 Å². The number of rotatable bonds is 6. The summed E-state index contributed by atoms with van der Waals surface area (Å²) in [6, 6.07) is 23.2. The van der Waals surface area contributed by atoms with Gasteiger partial charge in [-0.1, -0.05) is 48.5 Å². The number of benzene rings is 2. The number of hydrogen-bond donors (Lipinski definition) is 2. The summed E-state index contributed by atoms with van der Waals surface area (Å²) >= 11 is 0. The zero-order valence-electron chi connectivity index (χ0n) is 18.7. The van der Waals surface area contributed by atoms with Crippen molar-refractivity contribution in [3.05, 3.63) is 94.4 Å². The van der Waals surface area contributed by atoms with Crippen LogP contribution in [0.2, 0.25) is 0 Å². The summed E-state index contributed by atoms with van der Waals surface area (Å²) in [5.74, 6) is 0.841. The largest absolute Gasteiger partial charge is 0.323 e. The maximum Gasteiger partial charge on any atom is 0.323 e. The number of piperidine rings is 1. The Balaban J connectivity index is 1.23. The first-order valence-electron chi connectivity index (χ1n) is 11.8. The van der Waals surface area contributed by atoms with Crippen LogP contribution in [-0.2, 0) is 13.0 Å². The first-order chi connectivity index (χ1) is 16.2. The lowest BCUT2D eigenvalue weighted by atomic mass is 9.83. The number of carbonyl (C=O) groups is 1. The molecular formula is C27H30N4O2. The summed E-state index contributed by atoms with van der Waals surface area (Å²) in [6.45, 7) is 3.83. The molecule has 170 valence electrons. The van der Waals surface area contributed by atoms with E-state index in [0.717, 1.165) is 51.1 Å². The van der Waals surface area contributed by atoms with Gasteiger partial charge in [-0.25, -0.2) is 4.79 Å². The Hall–Kier alpha value is -3.38. The number of fused-ring (bicyclic) bond motifs is 4. The Kier molecular flexibility index (Phi) is 6.26. The van der Waals surface area contributed by atoms with E-state index in [0.29, 0.717) is 23.2 Å². The molecule has 3 aromatic rings. The zero-order valence-corrected chi connectivity index (χ0v) is 18.7. The fraction of sp³-hybridized carbons (Fsp3) is 0.333. The van der Waals surface area contributed by atoms with Crippen LogP contribution in [0, 0.1) is 5.92 Å². The Labute approximate surface area is 194 Å². The molecule has 6 nitrogen and oxygen atoms in total. The summed E-state index contributed by atoms with van der Waals surface area (Å²) in [4.78, 5) is 28.1. The minimum Gasteiger partial charge on any atom is -0.310 e. The van der Waals surface area contributed by atoms with Gasteiger partial charge >= 0.3 is 6.03 Å². The van der Waals surface area contributed by atoms with Crippen molar-refractivity contribution in [1.29, 1.82) is 0 Å². The van der Waals surface area contributed by atoms with Gasteiger partial charge in [0.1, 0.15) is 5.69 Å². The standard InChI is InChI=1S/C27H30N4O2/c32-26-24(29-27(33)28-23-11-5-2-6-12-23)13-14-25-22-16-21(18-31(25)26)17-30(19-22)15-7-10-20-8-3-1-4-9-20/h1-6,8-9,11-14,21-22H,7,10,15-19H2,(H2,28,29,33). The first-order valence-corrected chi connectivity index (χ1v) is 11.8. The lowest BCUT2D eigenvalue weighted by Gasteiger charge is -2.43. The minimum atomic E-state index is -0.403. The molecule has 2 N–H and O–H groups in total. The van der Waals surface area contributed by atoms with Crippen LogP contribution in [0.3, 0.4) is 0 Å². The molecule has 0 spiro atoms. The second kappa shape index (κ2) is 9.63. The molecule has 33 heavy (non-hydrogen) atoms. The fourth-order valence-corrected chi connectivity index (χ4v) is 5.28. The van der Waals surface area contributed by atoms with Crippen molar-refractivity contribution in [1.82, 2.24) is 9.47 Å². The summed E-state index contributed by atoms with van der Waals surface area (Å²) in [5, 5.41) is 5.50. The van der Waals surface area contributed by atoms with E-state index in [9.17, 15) is 9.59 Å². The van der Waals surface area contributed by atoms with E-state index in [1.165, 1.54) is 5.56 Å². The Bertz CT molecular complexity index is 1160. The molecule has 2 aromatic carbocycles. The molecular weight excluding hydrogens is 412 g/mol. The number of likely N-dealkylation sites (tertiary alicyclic amines) is 1. The Morgan fingerprint density at radius 3 is 2.42 bits per heavy atom. The topological polar surface area (TPSA) is 66.4 Å². The van der Waals surface area contributed by atoms with E-state index >= 15 is 0 Å². The highest BCUT2D eigenvalue weighted by Gasteiger charge is 2.34. The van der Waals surface area contributed by atoms with Crippen LogP contribution < -0.4 is 16.2 Å². The second-order valence-corrected chi connectivity index (χ2v) is 9.18. The number of urea groups is 1. The van der Waals surface area contributed by atoms with E-state index in [1.54, 1.807) is 6.07 Å². The van der Waals surface area contributed by atoms with Crippen LogP contribution >= 0.6 is 0 Å². The lowest BCUT2D eigenvalue weighted by Crippen LogP contribution is -2.47. The summed E-state index contributed by atoms with van der Waals surface area (Å²) in [6.07, 6.45) is 3.38. The number of nitrogens with zero attached hydrogens (tertiary/aromatic N) is 2. The van der Waals surface area contributed by atoms with Gasteiger partial charge in [0.05, 0.1) is 0 Å². The van der Waals surface area contributed by atoms with E-state index in [-0.39, 0.29) is 5.56 Å². The highest BCUT2D eigenvalue weighted by molar-refractivity contribution is 5.99. The van der Waals surface area contributed by atoms with Gasteiger partial charge in [0, 0.05) is 36.9 Å². The number of aromatic nitrogens is 1. The molecule has 1 fully saturated rings. The SMILES string of the molecule is O=C(Nc1ccccc1)Nc1ccc2n(c1=O)CC1CC2CN(CCCc2ccccc2)C1. The minimum absolute atomic E-state index is 0.108. The molecule has 2 aliphatic heterocycles. The average Bonchev–Trinajstić information content (AvgIpc) is 2.82. The molecule has 2 atom stereocenters. The van der Waals surface area contributed by atoms with Crippen LogP contribution in [0.1, 0.15) is 30.0 Å². The van der Waals surface area contributed by atoms with Gasteiger partial charge in [-0.2, -0.15) is 0 Å². The number of anilines is 2. The highest BCUT2D eigenvalue weighted by atomic mass is 16.2.